The lowest BCUT2D eigenvalue weighted by atomic mass is 10.0. The molecule has 3 aromatic rings. The van der Waals surface area contributed by atoms with Crippen molar-refractivity contribution in [1.82, 2.24) is 10.3 Å². The molecule has 2 N–H and O–H groups in total. The van der Waals surface area contributed by atoms with Crippen molar-refractivity contribution in [3.8, 4) is 10.8 Å². The predicted molar refractivity (Wildman–Crippen MR) is 92.3 cm³/mol. The summed E-state index contributed by atoms with van der Waals surface area (Å²) < 4.78 is 5.35. The smallest absolute Gasteiger partial charge is 0.162 e. The molecule has 5 heteroatoms. The largest absolute Gasteiger partial charge is 0.462 e. The molecular weight excluding hydrogens is 308 g/mol. The van der Waals surface area contributed by atoms with E-state index in [2.05, 4.69) is 10.3 Å². The van der Waals surface area contributed by atoms with Crippen molar-refractivity contribution in [2.24, 2.45) is 0 Å². The Bertz CT molecular complexity index is 710. The Labute approximate surface area is 139 Å². The first-order chi connectivity index (χ1) is 11.2. The second-order valence-corrected chi connectivity index (χ2v) is 6.41. The Balaban J connectivity index is 1.51. The summed E-state index contributed by atoms with van der Waals surface area (Å²) in [6.07, 6.45) is 1.86. The van der Waals surface area contributed by atoms with Crippen LogP contribution in [0.2, 0.25) is 0 Å². The summed E-state index contributed by atoms with van der Waals surface area (Å²) in [5.74, 6) is 0.790. The van der Waals surface area contributed by atoms with E-state index >= 15 is 0 Å². The first-order valence-corrected chi connectivity index (χ1v) is 8.54. The molecule has 0 spiro atoms. The van der Waals surface area contributed by atoms with Crippen molar-refractivity contribution in [3.05, 3.63) is 65.4 Å². The number of furan rings is 1. The van der Waals surface area contributed by atoms with E-state index in [0.29, 0.717) is 13.0 Å². The molecule has 0 saturated carbocycles. The number of aromatic nitrogens is 1. The molecule has 120 valence electrons. The average Bonchev–Trinajstić information content (AvgIpc) is 3.24. The van der Waals surface area contributed by atoms with E-state index in [1.165, 1.54) is 0 Å². The Morgan fingerprint density at radius 1 is 1.22 bits per heavy atom. The number of hydrogen-bond acceptors (Lipinski definition) is 5. The summed E-state index contributed by atoms with van der Waals surface area (Å²) in [7, 11) is 0. The van der Waals surface area contributed by atoms with E-state index in [1.807, 2.05) is 54.8 Å². The Kier molecular flexibility index (Phi) is 5.23. The van der Waals surface area contributed by atoms with Gasteiger partial charge in [0.15, 0.2) is 10.8 Å². The van der Waals surface area contributed by atoms with E-state index in [4.69, 9.17) is 4.42 Å². The highest BCUT2D eigenvalue weighted by atomic mass is 32.1. The van der Waals surface area contributed by atoms with E-state index in [-0.39, 0.29) is 6.04 Å². The minimum Gasteiger partial charge on any atom is -0.462 e. The molecule has 23 heavy (non-hydrogen) atoms. The van der Waals surface area contributed by atoms with Gasteiger partial charge in [0.1, 0.15) is 0 Å². The number of hydrogen-bond donors (Lipinski definition) is 2. The third kappa shape index (κ3) is 4.28. The van der Waals surface area contributed by atoms with Crippen molar-refractivity contribution >= 4 is 11.3 Å². The van der Waals surface area contributed by atoms with Gasteiger partial charge in [-0.1, -0.05) is 30.3 Å². The number of nitrogens with zero attached hydrogens (tertiary/aromatic N) is 1. The van der Waals surface area contributed by atoms with Gasteiger partial charge >= 0.3 is 0 Å². The molecule has 2 aromatic heterocycles. The molecule has 2 unspecified atom stereocenters. The highest BCUT2D eigenvalue weighted by Gasteiger charge is 2.15. The Morgan fingerprint density at radius 2 is 2.04 bits per heavy atom. The zero-order chi connectivity index (χ0) is 16.1. The van der Waals surface area contributed by atoms with Gasteiger partial charge < -0.3 is 14.8 Å². The molecule has 0 radical (unpaired) electrons. The third-order valence-electron chi connectivity index (χ3n) is 3.75. The Hall–Kier alpha value is -1.95. The molecule has 0 bridgehead atoms. The predicted octanol–water partition coefficient (Wildman–Crippen LogP) is 3.48. The number of aliphatic hydroxyl groups is 1. The van der Waals surface area contributed by atoms with Gasteiger partial charge in [0.05, 0.1) is 18.1 Å². The normalized spacial score (nSPS) is 13.8. The van der Waals surface area contributed by atoms with Gasteiger partial charge in [-0.15, -0.1) is 11.3 Å². The molecule has 0 amide bonds. The molecule has 0 fully saturated rings. The lowest BCUT2D eigenvalue weighted by molar-refractivity contribution is 0.134. The van der Waals surface area contributed by atoms with Crippen molar-refractivity contribution in [2.45, 2.75) is 32.0 Å². The molecule has 0 saturated heterocycles. The Morgan fingerprint density at radius 3 is 2.78 bits per heavy atom. The van der Waals surface area contributed by atoms with Crippen LogP contribution in [0.1, 0.15) is 18.2 Å². The van der Waals surface area contributed by atoms with Crippen LogP contribution in [0.25, 0.3) is 10.8 Å². The lowest BCUT2D eigenvalue weighted by Gasteiger charge is -2.20. The van der Waals surface area contributed by atoms with Gasteiger partial charge in [0.25, 0.3) is 0 Å². The zero-order valence-electron chi connectivity index (χ0n) is 13.0. The fourth-order valence-corrected chi connectivity index (χ4v) is 3.12. The average molecular weight is 328 g/mol. The maximum Gasteiger partial charge on any atom is 0.162 e. The van der Waals surface area contributed by atoms with Gasteiger partial charge in [0, 0.05) is 18.0 Å². The zero-order valence-corrected chi connectivity index (χ0v) is 13.8. The summed E-state index contributed by atoms with van der Waals surface area (Å²) >= 11 is 1.56. The minimum absolute atomic E-state index is 0.0102. The molecule has 1 aromatic carbocycles. The van der Waals surface area contributed by atoms with Gasteiger partial charge in [-0.05, 0) is 31.0 Å². The highest BCUT2D eigenvalue weighted by Crippen LogP contribution is 2.23. The summed E-state index contributed by atoms with van der Waals surface area (Å²) in [6, 6.07) is 13.8. The van der Waals surface area contributed by atoms with Crippen LogP contribution in [0, 0.1) is 0 Å². The highest BCUT2D eigenvalue weighted by molar-refractivity contribution is 7.13. The maximum atomic E-state index is 10.3. The van der Waals surface area contributed by atoms with Crippen LogP contribution in [-0.4, -0.2) is 22.2 Å². The van der Waals surface area contributed by atoms with Crippen molar-refractivity contribution in [1.29, 1.82) is 0 Å². The van der Waals surface area contributed by atoms with Gasteiger partial charge in [-0.2, -0.15) is 0 Å². The quantitative estimate of drug-likeness (QED) is 0.697. The van der Waals surface area contributed by atoms with Crippen molar-refractivity contribution in [3.63, 3.8) is 0 Å². The van der Waals surface area contributed by atoms with E-state index in [0.717, 1.165) is 22.0 Å². The monoisotopic (exact) mass is 328 g/mol. The number of nitrogens with one attached hydrogen (secondary N) is 1. The molecule has 2 heterocycles. The maximum absolute atomic E-state index is 10.3. The number of thiazole rings is 1. The van der Waals surface area contributed by atoms with E-state index in [1.54, 1.807) is 17.6 Å². The molecule has 0 aliphatic heterocycles. The minimum atomic E-state index is -0.430. The van der Waals surface area contributed by atoms with Crippen LogP contribution < -0.4 is 5.32 Å². The number of aliphatic hydroxyl groups excluding tert-OH is 1. The first-order valence-electron chi connectivity index (χ1n) is 7.66. The number of benzene rings is 1. The summed E-state index contributed by atoms with van der Waals surface area (Å²) in [5, 5.41) is 16.5. The molecular formula is C18H20N2O2S. The van der Waals surface area contributed by atoms with Gasteiger partial charge in [0.2, 0.25) is 0 Å². The third-order valence-corrected chi connectivity index (χ3v) is 4.66. The van der Waals surface area contributed by atoms with Gasteiger partial charge in [-0.3, -0.25) is 0 Å². The van der Waals surface area contributed by atoms with Gasteiger partial charge in [-0.25, -0.2) is 4.98 Å². The SMILES string of the molecule is CC(NCc1csc(-c2ccco2)n1)C(O)Cc1ccccc1. The molecule has 4 nitrogen and oxygen atoms in total. The van der Waals surface area contributed by atoms with E-state index in [9.17, 15) is 5.11 Å². The van der Waals surface area contributed by atoms with Crippen LogP contribution >= 0.6 is 11.3 Å². The summed E-state index contributed by atoms with van der Waals surface area (Å²) in [4.78, 5) is 4.55. The van der Waals surface area contributed by atoms with Crippen LogP contribution in [0.4, 0.5) is 0 Å². The number of rotatable bonds is 7. The topological polar surface area (TPSA) is 58.3 Å². The van der Waals surface area contributed by atoms with Crippen LogP contribution in [-0.2, 0) is 13.0 Å². The van der Waals surface area contributed by atoms with Crippen LogP contribution in [0.5, 0.6) is 0 Å². The summed E-state index contributed by atoms with van der Waals surface area (Å²) in [6.45, 7) is 2.62. The molecule has 2 atom stereocenters. The first kappa shape index (κ1) is 15.9. The van der Waals surface area contributed by atoms with Crippen molar-refractivity contribution in [2.75, 3.05) is 0 Å². The van der Waals surface area contributed by atoms with Crippen molar-refractivity contribution < 1.29 is 9.52 Å². The molecule has 3 rings (SSSR count). The second-order valence-electron chi connectivity index (χ2n) is 5.55. The van der Waals surface area contributed by atoms with E-state index < -0.39 is 6.10 Å². The second kappa shape index (κ2) is 7.55. The molecule has 0 aliphatic rings. The fraction of sp³-hybridized carbons (Fsp3) is 0.278. The van der Waals surface area contributed by atoms with Crippen LogP contribution in [0.15, 0.2) is 58.5 Å². The molecule has 0 aliphatic carbocycles. The summed E-state index contributed by atoms with van der Waals surface area (Å²) in [5.41, 5.74) is 2.10. The fourth-order valence-electron chi connectivity index (χ4n) is 2.34. The standard InChI is InChI=1S/C18H20N2O2S/c1-13(16(21)10-14-6-3-2-4-7-14)19-11-15-12-23-18(20-15)17-8-5-9-22-17/h2-9,12-13,16,19,21H,10-11H2,1H3. The lowest BCUT2D eigenvalue weighted by Crippen LogP contribution is -2.38. The van der Waals surface area contributed by atoms with Crippen LogP contribution in [0.3, 0.4) is 0 Å².